The van der Waals surface area contributed by atoms with Crippen molar-refractivity contribution < 1.29 is 0 Å². The number of hydrogen-bond acceptors (Lipinski definition) is 5. The maximum Gasteiger partial charge on any atom is 0.138 e. The third-order valence-corrected chi connectivity index (χ3v) is 2.93. The summed E-state index contributed by atoms with van der Waals surface area (Å²) in [6.07, 6.45) is 5.70. The Morgan fingerprint density at radius 1 is 1.26 bits per heavy atom. The maximum absolute atomic E-state index is 4.35. The van der Waals surface area contributed by atoms with Crippen molar-refractivity contribution >= 4 is 0 Å². The second-order valence-electron chi connectivity index (χ2n) is 4.93. The van der Waals surface area contributed by atoms with Crippen LogP contribution in [0, 0.1) is 5.92 Å². The number of aromatic nitrogens is 5. The van der Waals surface area contributed by atoms with E-state index in [1.807, 2.05) is 17.8 Å². The van der Waals surface area contributed by atoms with Gasteiger partial charge >= 0.3 is 0 Å². The lowest BCUT2D eigenvalue weighted by molar-refractivity contribution is 0.449. The Hall–Kier alpha value is -1.82. The zero-order valence-corrected chi connectivity index (χ0v) is 11.6. The summed E-state index contributed by atoms with van der Waals surface area (Å²) in [5.74, 6) is 1.53. The summed E-state index contributed by atoms with van der Waals surface area (Å²) < 4.78 is 1.97. The van der Waals surface area contributed by atoms with Crippen LogP contribution in [0.5, 0.6) is 0 Å². The molecule has 1 unspecified atom stereocenters. The van der Waals surface area contributed by atoms with Crippen LogP contribution in [0.1, 0.15) is 31.4 Å². The molecule has 0 spiro atoms. The van der Waals surface area contributed by atoms with E-state index >= 15 is 0 Å². The van der Waals surface area contributed by atoms with Gasteiger partial charge in [-0.25, -0.2) is 19.6 Å². The van der Waals surface area contributed by atoms with Gasteiger partial charge in [0.25, 0.3) is 0 Å². The maximum atomic E-state index is 4.35. The number of nitrogens with one attached hydrogen (secondary N) is 1. The summed E-state index contributed by atoms with van der Waals surface area (Å²) >= 11 is 0. The molecule has 0 bridgehead atoms. The van der Waals surface area contributed by atoms with Gasteiger partial charge < -0.3 is 5.32 Å². The smallest absolute Gasteiger partial charge is 0.138 e. The van der Waals surface area contributed by atoms with Crippen LogP contribution < -0.4 is 5.32 Å². The first-order valence-corrected chi connectivity index (χ1v) is 6.50. The predicted molar refractivity (Wildman–Crippen MR) is 72.4 cm³/mol. The second kappa shape index (κ2) is 6.38. The van der Waals surface area contributed by atoms with Gasteiger partial charge in [0.15, 0.2) is 0 Å². The molecule has 0 radical (unpaired) electrons. The Morgan fingerprint density at radius 3 is 2.74 bits per heavy atom. The Kier molecular flexibility index (Phi) is 4.57. The van der Waals surface area contributed by atoms with Crippen LogP contribution in [-0.2, 0) is 13.0 Å². The number of nitrogens with zero attached hydrogens (tertiary/aromatic N) is 5. The largest absolute Gasteiger partial charge is 0.311 e. The highest BCUT2D eigenvalue weighted by Gasteiger charge is 2.15. The van der Waals surface area contributed by atoms with Gasteiger partial charge in [0.1, 0.15) is 18.5 Å². The van der Waals surface area contributed by atoms with Gasteiger partial charge in [0, 0.05) is 19.2 Å². The van der Waals surface area contributed by atoms with Crippen molar-refractivity contribution in [1.29, 1.82) is 0 Å². The van der Waals surface area contributed by atoms with Crippen LogP contribution >= 0.6 is 0 Å². The minimum Gasteiger partial charge on any atom is -0.311 e. The van der Waals surface area contributed by atoms with Crippen LogP contribution in [0.15, 0.2) is 24.9 Å². The molecule has 1 N–H and O–H groups in total. The molecule has 6 heteroatoms. The van der Waals surface area contributed by atoms with E-state index in [2.05, 4.69) is 39.2 Å². The zero-order valence-electron chi connectivity index (χ0n) is 11.6. The average Bonchev–Trinajstić information content (AvgIpc) is 2.83. The fourth-order valence-corrected chi connectivity index (χ4v) is 1.99. The van der Waals surface area contributed by atoms with Crippen molar-refractivity contribution in [3.8, 4) is 0 Å². The standard InChI is InChI=1S/C13H20N6/c1-10(2)7-19-13(17-9-18-19)6-12(14-3)11-4-5-15-8-16-11/h4-5,8-10,12,14H,6-7H2,1-3H3. The SMILES string of the molecule is CNC(Cc1ncnn1CC(C)C)c1ccncn1. The second-order valence-corrected chi connectivity index (χ2v) is 4.93. The third kappa shape index (κ3) is 3.57. The van der Waals surface area contributed by atoms with Gasteiger partial charge in [-0.1, -0.05) is 13.8 Å². The topological polar surface area (TPSA) is 68.5 Å². The number of hydrogen-bond donors (Lipinski definition) is 1. The van der Waals surface area contributed by atoms with Gasteiger partial charge in [-0.05, 0) is 19.0 Å². The third-order valence-electron chi connectivity index (χ3n) is 2.93. The van der Waals surface area contributed by atoms with E-state index < -0.39 is 0 Å². The summed E-state index contributed by atoms with van der Waals surface area (Å²) in [7, 11) is 1.93. The molecule has 2 heterocycles. The van der Waals surface area contributed by atoms with Crippen molar-refractivity contribution in [2.75, 3.05) is 7.05 Å². The lowest BCUT2D eigenvalue weighted by Crippen LogP contribution is -2.22. The first-order chi connectivity index (χ1) is 9.20. The van der Waals surface area contributed by atoms with E-state index in [4.69, 9.17) is 0 Å². The predicted octanol–water partition coefficient (Wildman–Crippen LogP) is 1.23. The highest BCUT2D eigenvalue weighted by atomic mass is 15.3. The molecule has 1 atom stereocenters. The van der Waals surface area contributed by atoms with Crippen LogP contribution in [-0.4, -0.2) is 31.8 Å². The minimum absolute atomic E-state index is 0.123. The number of likely N-dealkylation sites (N-methyl/N-ethyl adjacent to an activating group) is 1. The van der Waals surface area contributed by atoms with Crippen molar-refractivity contribution in [1.82, 2.24) is 30.0 Å². The normalized spacial score (nSPS) is 12.8. The first kappa shape index (κ1) is 13.6. The summed E-state index contributed by atoms with van der Waals surface area (Å²) in [6, 6.07) is 2.04. The highest BCUT2D eigenvalue weighted by molar-refractivity contribution is 5.07. The Labute approximate surface area is 113 Å². The van der Waals surface area contributed by atoms with Crippen molar-refractivity contribution in [3.63, 3.8) is 0 Å². The molecule has 0 amide bonds. The Bertz CT molecular complexity index is 493. The quantitative estimate of drug-likeness (QED) is 0.846. The van der Waals surface area contributed by atoms with Crippen molar-refractivity contribution in [2.24, 2.45) is 5.92 Å². The van der Waals surface area contributed by atoms with E-state index in [0.29, 0.717) is 5.92 Å². The monoisotopic (exact) mass is 260 g/mol. The molecule has 0 saturated heterocycles. The molecule has 0 aliphatic carbocycles. The van der Waals surface area contributed by atoms with Gasteiger partial charge in [0.05, 0.1) is 11.7 Å². The van der Waals surface area contributed by atoms with Crippen LogP contribution in [0.4, 0.5) is 0 Å². The fourth-order valence-electron chi connectivity index (χ4n) is 1.99. The first-order valence-electron chi connectivity index (χ1n) is 6.50. The molecule has 0 saturated carbocycles. The van der Waals surface area contributed by atoms with Crippen LogP contribution in [0.2, 0.25) is 0 Å². The average molecular weight is 260 g/mol. The Morgan fingerprint density at radius 2 is 2.11 bits per heavy atom. The van der Waals surface area contributed by atoms with Crippen LogP contribution in [0.3, 0.4) is 0 Å². The molecule has 102 valence electrons. The van der Waals surface area contributed by atoms with E-state index in [1.165, 1.54) is 0 Å². The van der Waals surface area contributed by atoms with Gasteiger partial charge in [-0.2, -0.15) is 5.10 Å². The van der Waals surface area contributed by atoms with E-state index in [9.17, 15) is 0 Å². The summed E-state index contributed by atoms with van der Waals surface area (Å²) in [4.78, 5) is 12.6. The molecule has 2 aromatic heterocycles. The van der Waals surface area contributed by atoms with Crippen molar-refractivity contribution in [3.05, 3.63) is 36.4 Å². The number of rotatable bonds is 6. The fraction of sp³-hybridized carbons (Fsp3) is 0.538. The molecule has 6 nitrogen and oxygen atoms in total. The molecule has 0 aliphatic heterocycles. The molecule has 0 fully saturated rings. The molecular weight excluding hydrogens is 240 g/mol. The summed E-state index contributed by atoms with van der Waals surface area (Å²) in [5, 5.41) is 7.55. The molecule has 2 aromatic rings. The molecule has 0 aliphatic rings. The van der Waals surface area contributed by atoms with Gasteiger partial charge in [-0.3, -0.25) is 0 Å². The molecule has 0 aromatic carbocycles. The van der Waals surface area contributed by atoms with E-state index in [0.717, 1.165) is 24.5 Å². The molecule has 2 rings (SSSR count). The molecule has 19 heavy (non-hydrogen) atoms. The molecular formula is C13H20N6. The summed E-state index contributed by atoms with van der Waals surface area (Å²) in [5.41, 5.74) is 0.969. The van der Waals surface area contributed by atoms with Crippen LogP contribution in [0.25, 0.3) is 0 Å². The van der Waals surface area contributed by atoms with E-state index in [-0.39, 0.29) is 6.04 Å². The zero-order chi connectivity index (χ0) is 13.7. The highest BCUT2D eigenvalue weighted by Crippen LogP contribution is 2.14. The van der Waals surface area contributed by atoms with Gasteiger partial charge in [-0.15, -0.1) is 0 Å². The van der Waals surface area contributed by atoms with E-state index in [1.54, 1.807) is 18.9 Å². The summed E-state index contributed by atoms with van der Waals surface area (Å²) in [6.45, 7) is 5.23. The lowest BCUT2D eigenvalue weighted by atomic mass is 10.1. The minimum atomic E-state index is 0.123. The van der Waals surface area contributed by atoms with Gasteiger partial charge in [0.2, 0.25) is 0 Å². The Balaban J connectivity index is 2.13. The van der Waals surface area contributed by atoms with Crippen molar-refractivity contribution in [2.45, 2.75) is 32.9 Å². The lowest BCUT2D eigenvalue weighted by Gasteiger charge is -2.16.